The summed E-state index contributed by atoms with van der Waals surface area (Å²) in [5.74, 6) is 0.425. The van der Waals surface area contributed by atoms with Gasteiger partial charge in [-0.1, -0.05) is 31.4 Å². The van der Waals surface area contributed by atoms with E-state index in [0.717, 1.165) is 75.1 Å². The first kappa shape index (κ1) is 26.6. The number of aryl methyl sites for hydroxylation is 2. The molecule has 8 nitrogen and oxygen atoms in total. The Kier molecular flexibility index (Phi) is 8.57. The maximum absolute atomic E-state index is 13.4. The van der Waals surface area contributed by atoms with Gasteiger partial charge >= 0.3 is 5.97 Å². The zero-order valence-corrected chi connectivity index (χ0v) is 22.2. The fourth-order valence-electron chi connectivity index (χ4n) is 6.21. The molecule has 2 aromatic heterocycles. The second-order valence-corrected chi connectivity index (χ2v) is 11.2. The van der Waals surface area contributed by atoms with Crippen molar-refractivity contribution in [2.24, 2.45) is 5.92 Å². The van der Waals surface area contributed by atoms with Gasteiger partial charge in [0.05, 0.1) is 17.2 Å². The van der Waals surface area contributed by atoms with Gasteiger partial charge in [-0.2, -0.15) is 0 Å². The molecule has 0 saturated heterocycles. The number of hydrogen-bond acceptors (Lipinski definition) is 6. The molecule has 0 radical (unpaired) electrons. The van der Waals surface area contributed by atoms with E-state index in [0.29, 0.717) is 25.4 Å². The number of amides is 1. The SMILES string of the molecule is O=C(O)C(CCOC1CC(CCc2ccc3c(n2)NCCC3)C1)NC(=O)C1(c2ccccn2)CCCCC1. The van der Waals surface area contributed by atoms with E-state index >= 15 is 0 Å². The van der Waals surface area contributed by atoms with Gasteiger partial charge < -0.3 is 20.5 Å². The molecule has 3 N–H and O–H groups in total. The Hall–Kier alpha value is -3.00. The highest BCUT2D eigenvalue weighted by Gasteiger charge is 2.43. The van der Waals surface area contributed by atoms with Crippen LogP contribution in [0.15, 0.2) is 36.5 Å². The van der Waals surface area contributed by atoms with Crippen molar-refractivity contribution in [2.75, 3.05) is 18.5 Å². The predicted molar refractivity (Wildman–Crippen MR) is 145 cm³/mol. The average Bonchev–Trinajstić information content (AvgIpc) is 2.93. The molecule has 2 aliphatic carbocycles. The molecule has 5 rings (SSSR count). The average molecular weight is 521 g/mol. The van der Waals surface area contributed by atoms with Gasteiger partial charge in [-0.05, 0) is 81.0 Å². The number of fused-ring (bicyclic) bond motifs is 1. The minimum absolute atomic E-state index is 0.168. The molecule has 1 aliphatic heterocycles. The van der Waals surface area contributed by atoms with Crippen molar-refractivity contribution in [3.63, 3.8) is 0 Å². The van der Waals surface area contributed by atoms with Gasteiger partial charge in [0.15, 0.2) is 0 Å². The summed E-state index contributed by atoms with van der Waals surface area (Å²) < 4.78 is 6.00. The summed E-state index contributed by atoms with van der Waals surface area (Å²) in [6.07, 6.45) is 12.8. The third kappa shape index (κ3) is 6.17. The lowest BCUT2D eigenvalue weighted by Gasteiger charge is -2.37. The van der Waals surface area contributed by atoms with Crippen LogP contribution in [0, 0.1) is 5.92 Å². The van der Waals surface area contributed by atoms with Gasteiger partial charge in [0.1, 0.15) is 11.9 Å². The van der Waals surface area contributed by atoms with Crippen molar-refractivity contribution in [1.82, 2.24) is 15.3 Å². The molecule has 0 spiro atoms. The van der Waals surface area contributed by atoms with Crippen LogP contribution in [0.1, 0.15) is 81.2 Å². The number of nitrogens with zero attached hydrogens (tertiary/aromatic N) is 2. The summed E-state index contributed by atoms with van der Waals surface area (Å²) in [5.41, 5.74) is 2.45. The van der Waals surface area contributed by atoms with Crippen LogP contribution in [0.3, 0.4) is 0 Å². The number of anilines is 1. The molecule has 0 aromatic carbocycles. The maximum Gasteiger partial charge on any atom is 0.326 e. The lowest BCUT2D eigenvalue weighted by Crippen LogP contribution is -2.52. The summed E-state index contributed by atoms with van der Waals surface area (Å²) in [6, 6.07) is 9.01. The van der Waals surface area contributed by atoms with Crippen LogP contribution in [0.5, 0.6) is 0 Å². The number of hydrogen-bond donors (Lipinski definition) is 3. The minimum atomic E-state index is -1.02. The molecule has 38 heavy (non-hydrogen) atoms. The lowest BCUT2D eigenvalue weighted by atomic mass is 9.70. The van der Waals surface area contributed by atoms with E-state index < -0.39 is 17.4 Å². The highest BCUT2D eigenvalue weighted by molar-refractivity contribution is 5.91. The smallest absolute Gasteiger partial charge is 0.326 e. The lowest BCUT2D eigenvalue weighted by molar-refractivity contribution is -0.144. The predicted octanol–water partition coefficient (Wildman–Crippen LogP) is 4.42. The Morgan fingerprint density at radius 1 is 1.13 bits per heavy atom. The summed E-state index contributed by atoms with van der Waals surface area (Å²) in [4.78, 5) is 34.7. The monoisotopic (exact) mass is 520 g/mol. The van der Waals surface area contributed by atoms with Gasteiger partial charge in [-0.15, -0.1) is 0 Å². The summed E-state index contributed by atoms with van der Waals surface area (Å²) in [5, 5.41) is 16.0. The number of ether oxygens (including phenoxy) is 1. The van der Waals surface area contributed by atoms with E-state index in [9.17, 15) is 14.7 Å². The maximum atomic E-state index is 13.4. The Morgan fingerprint density at radius 2 is 1.97 bits per heavy atom. The zero-order valence-electron chi connectivity index (χ0n) is 22.2. The number of aliphatic carboxylic acids is 1. The second kappa shape index (κ2) is 12.2. The molecule has 204 valence electrons. The summed E-state index contributed by atoms with van der Waals surface area (Å²) in [6.45, 7) is 1.33. The number of nitrogens with one attached hydrogen (secondary N) is 2. The first-order chi connectivity index (χ1) is 18.5. The van der Waals surface area contributed by atoms with Crippen LogP contribution >= 0.6 is 0 Å². The number of aromatic nitrogens is 2. The molecule has 3 heterocycles. The number of carboxylic acids is 1. The Bertz CT molecular complexity index is 1100. The van der Waals surface area contributed by atoms with Gasteiger partial charge in [-0.25, -0.2) is 9.78 Å². The molecular formula is C30H40N4O4. The molecule has 2 fully saturated rings. The van der Waals surface area contributed by atoms with Crippen LogP contribution in [-0.4, -0.2) is 52.2 Å². The Balaban J connectivity index is 1.06. The highest BCUT2D eigenvalue weighted by atomic mass is 16.5. The van der Waals surface area contributed by atoms with Crippen molar-refractivity contribution >= 4 is 17.7 Å². The van der Waals surface area contributed by atoms with Crippen molar-refractivity contribution in [2.45, 2.75) is 94.6 Å². The largest absolute Gasteiger partial charge is 0.480 e. The van der Waals surface area contributed by atoms with E-state index in [1.807, 2.05) is 18.2 Å². The van der Waals surface area contributed by atoms with Gasteiger partial charge in [0.2, 0.25) is 5.91 Å². The van der Waals surface area contributed by atoms with E-state index in [4.69, 9.17) is 9.72 Å². The van der Waals surface area contributed by atoms with E-state index in [1.54, 1.807) is 6.20 Å². The van der Waals surface area contributed by atoms with Gasteiger partial charge in [0.25, 0.3) is 0 Å². The third-order valence-electron chi connectivity index (χ3n) is 8.61. The summed E-state index contributed by atoms with van der Waals surface area (Å²) >= 11 is 0. The van der Waals surface area contributed by atoms with Crippen LogP contribution in [-0.2, 0) is 32.6 Å². The van der Waals surface area contributed by atoms with E-state index in [2.05, 4.69) is 27.8 Å². The number of rotatable bonds is 11. The van der Waals surface area contributed by atoms with Gasteiger partial charge in [-0.3, -0.25) is 9.78 Å². The summed E-state index contributed by atoms with van der Waals surface area (Å²) in [7, 11) is 0. The Labute approximate surface area is 225 Å². The quantitative estimate of drug-likeness (QED) is 0.402. The molecule has 1 amide bonds. The Morgan fingerprint density at radius 3 is 2.74 bits per heavy atom. The number of carbonyl (C=O) groups is 2. The molecule has 0 bridgehead atoms. The van der Waals surface area contributed by atoms with E-state index in [1.165, 1.54) is 12.0 Å². The van der Waals surface area contributed by atoms with Crippen LogP contribution in [0.4, 0.5) is 5.82 Å². The van der Waals surface area contributed by atoms with Gasteiger partial charge in [0, 0.05) is 31.5 Å². The van der Waals surface area contributed by atoms with Crippen LogP contribution in [0.25, 0.3) is 0 Å². The number of pyridine rings is 2. The van der Waals surface area contributed by atoms with Crippen molar-refractivity contribution < 1.29 is 19.4 Å². The normalized spacial score (nSPS) is 22.8. The van der Waals surface area contributed by atoms with Crippen molar-refractivity contribution in [3.8, 4) is 0 Å². The zero-order chi connectivity index (χ0) is 26.4. The van der Waals surface area contributed by atoms with Crippen molar-refractivity contribution in [3.05, 3.63) is 53.5 Å². The molecule has 1 unspecified atom stereocenters. The first-order valence-electron chi connectivity index (χ1n) is 14.3. The minimum Gasteiger partial charge on any atom is -0.480 e. The second-order valence-electron chi connectivity index (χ2n) is 11.2. The fourth-order valence-corrected chi connectivity index (χ4v) is 6.21. The van der Waals surface area contributed by atoms with Crippen LogP contribution < -0.4 is 10.6 Å². The fraction of sp³-hybridized carbons (Fsp3) is 0.600. The molecule has 3 aliphatic rings. The molecule has 8 heteroatoms. The topological polar surface area (TPSA) is 113 Å². The van der Waals surface area contributed by atoms with Crippen molar-refractivity contribution in [1.29, 1.82) is 0 Å². The third-order valence-corrected chi connectivity index (χ3v) is 8.61. The molecule has 2 aromatic rings. The van der Waals surface area contributed by atoms with E-state index in [-0.39, 0.29) is 18.4 Å². The van der Waals surface area contributed by atoms with Crippen LogP contribution in [0.2, 0.25) is 0 Å². The first-order valence-corrected chi connectivity index (χ1v) is 14.3. The number of carbonyl (C=O) groups excluding carboxylic acids is 1. The standard InChI is InChI=1S/C30H40N4O4/c35-28(36)25(34-29(37)30(14-3-1-4-15-30)26-8-2-5-16-31-26)13-18-38-24-19-21(20-24)9-11-23-12-10-22-7-6-17-32-27(22)33-23/h2,5,8,10,12,16,21,24-25H,1,3-4,6-7,9,11,13-15,17-20H2,(H,32,33)(H,34,37)(H,35,36). The molecule has 1 atom stereocenters. The molecular weight excluding hydrogens is 480 g/mol. The number of carboxylic acid groups (broad SMARTS) is 1. The highest BCUT2D eigenvalue weighted by Crippen LogP contribution is 2.39. The molecule has 2 saturated carbocycles.